The molecule has 1 aromatic heterocycles. The van der Waals surface area contributed by atoms with E-state index in [0.29, 0.717) is 18.8 Å². The number of aromatic nitrogens is 1. The van der Waals surface area contributed by atoms with Crippen molar-refractivity contribution in [2.24, 2.45) is 5.92 Å². The summed E-state index contributed by atoms with van der Waals surface area (Å²) in [5.41, 5.74) is 2.90. The zero-order valence-corrected chi connectivity index (χ0v) is 15.2. The Balaban J connectivity index is 1.71. The van der Waals surface area contributed by atoms with Gasteiger partial charge in [0, 0.05) is 19.4 Å². The number of rotatable bonds is 10. The van der Waals surface area contributed by atoms with Gasteiger partial charge in [0.15, 0.2) is 11.5 Å². The van der Waals surface area contributed by atoms with Gasteiger partial charge >= 0.3 is 0 Å². The molecular weight excluding hydrogens is 300 g/mol. The lowest BCUT2D eigenvalue weighted by atomic mass is 9.99. The van der Waals surface area contributed by atoms with E-state index in [1.807, 2.05) is 25.1 Å². The summed E-state index contributed by atoms with van der Waals surface area (Å²) >= 11 is 0. The maximum Gasteiger partial charge on any atom is 0.220 e. The van der Waals surface area contributed by atoms with Crippen molar-refractivity contribution in [2.75, 3.05) is 6.54 Å². The van der Waals surface area contributed by atoms with E-state index >= 15 is 0 Å². The maximum absolute atomic E-state index is 12.0. The van der Waals surface area contributed by atoms with Crippen molar-refractivity contribution >= 4 is 17.0 Å². The van der Waals surface area contributed by atoms with Crippen LogP contribution in [0, 0.1) is 12.8 Å². The van der Waals surface area contributed by atoms with Gasteiger partial charge in [-0.05, 0) is 43.4 Å². The largest absolute Gasteiger partial charge is 0.441 e. The average Bonchev–Trinajstić information content (AvgIpc) is 2.96. The van der Waals surface area contributed by atoms with E-state index in [1.54, 1.807) is 0 Å². The highest BCUT2D eigenvalue weighted by Gasteiger charge is 2.10. The number of hydrogen-bond acceptors (Lipinski definition) is 3. The third kappa shape index (κ3) is 5.66. The minimum absolute atomic E-state index is 0.136. The van der Waals surface area contributed by atoms with Crippen LogP contribution in [0.5, 0.6) is 0 Å². The van der Waals surface area contributed by atoms with E-state index in [0.717, 1.165) is 36.4 Å². The Morgan fingerprint density at radius 2 is 2.12 bits per heavy atom. The number of amides is 1. The fourth-order valence-electron chi connectivity index (χ4n) is 2.88. The Morgan fingerprint density at radius 1 is 1.29 bits per heavy atom. The molecule has 1 atom stereocenters. The first-order valence-electron chi connectivity index (χ1n) is 9.25. The fourth-order valence-corrected chi connectivity index (χ4v) is 2.88. The van der Waals surface area contributed by atoms with Crippen LogP contribution in [-0.2, 0) is 11.2 Å². The number of benzene rings is 1. The molecule has 0 fully saturated rings. The van der Waals surface area contributed by atoms with E-state index in [2.05, 4.69) is 24.1 Å². The van der Waals surface area contributed by atoms with E-state index in [9.17, 15) is 4.79 Å². The lowest BCUT2D eigenvalue weighted by Gasteiger charge is -2.15. The molecular formula is C20H30N2O2. The molecule has 1 unspecified atom stereocenters. The van der Waals surface area contributed by atoms with Crippen molar-refractivity contribution in [3.05, 3.63) is 29.7 Å². The Kier molecular flexibility index (Phi) is 7.29. The van der Waals surface area contributed by atoms with Crippen molar-refractivity contribution < 1.29 is 9.21 Å². The molecule has 1 N–H and O–H groups in total. The van der Waals surface area contributed by atoms with Crippen LogP contribution < -0.4 is 5.32 Å². The van der Waals surface area contributed by atoms with Gasteiger partial charge in [-0.15, -0.1) is 0 Å². The average molecular weight is 330 g/mol. The highest BCUT2D eigenvalue weighted by Crippen LogP contribution is 2.18. The first kappa shape index (κ1) is 18.5. The summed E-state index contributed by atoms with van der Waals surface area (Å²) in [6.07, 6.45) is 6.79. The van der Waals surface area contributed by atoms with Crippen LogP contribution in [0.15, 0.2) is 22.6 Å². The number of nitrogens with zero attached hydrogens (tertiary/aromatic N) is 1. The Bertz CT molecular complexity index is 648. The van der Waals surface area contributed by atoms with Crippen LogP contribution in [0.1, 0.15) is 63.8 Å². The highest BCUT2D eigenvalue weighted by atomic mass is 16.3. The molecule has 1 aromatic carbocycles. The molecule has 24 heavy (non-hydrogen) atoms. The van der Waals surface area contributed by atoms with E-state index in [1.165, 1.54) is 24.8 Å². The number of carbonyl (C=O) groups is 1. The summed E-state index contributed by atoms with van der Waals surface area (Å²) in [6, 6.07) is 6.00. The minimum atomic E-state index is 0.136. The molecule has 2 aromatic rings. The van der Waals surface area contributed by atoms with Crippen LogP contribution in [-0.4, -0.2) is 17.4 Å². The predicted molar refractivity (Wildman–Crippen MR) is 98.0 cm³/mol. The normalized spacial score (nSPS) is 12.5. The maximum atomic E-state index is 12.0. The lowest BCUT2D eigenvalue weighted by molar-refractivity contribution is -0.121. The quantitative estimate of drug-likeness (QED) is 0.681. The minimum Gasteiger partial charge on any atom is -0.441 e. The summed E-state index contributed by atoms with van der Waals surface area (Å²) < 4.78 is 5.72. The number of unbranched alkanes of at least 4 members (excludes halogenated alkanes) is 1. The molecule has 0 aliphatic carbocycles. The van der Waals surface area contributed by atoms with Gasteiger partial charge in [-0.1, -0.05) is 39.2 Å². The second-order valence-corrected chi connectivity index (χ2v) is 6.65. The summed E-state index contributed by atoms with van der Waals surface area (Å²) in [4.78, 5) is 16.5. The third-order valence-electron chi connectivity index (χ3n) is 4.51. The van der Waals surface area contributed by atoms with Crippen molar-refractivity contribution in [2.45, 2.75) is 65.7 Å². The molecule has 0 bridgehead atoms. The molecule has 0 spiro atoms. The summed E-state index contributed by atoms with van der Waals surface area (Å²) in [5.74, 6) is 1.46. The first-order chi connectivity index (χ1) is 11.6. The second kappa shape index (κ2) is 9.45. The van der Waals surface area contributed by atoms with Crippen molar-refractivity contribution in [3.63, 3.8) is 0 Å². The molecule has 4 nitrogen and oxygen atoms in total. The monoisotopic (exact) mass is 330 g/mol. The topological polar surface area (TPSA) is 55.1 Å². The summed E-state index contributed by atoms with van der Waals surface area (Å²) in [7, 11) is 0. The zero-order valence-electron chi connectivity index (χ0n) is 15.2. The lowest BCUT2D eigenvalue weighted by Crippen LogP contribution is -2.29. The molecule has 0 saturated heterocycles. The molecule has 132 valence electrons. The highest BCUT2D eigenvalue weighted by molar-refractivity contribution is 5.76. The number of nitrogens with one attached hydrogen (secondary N) is 1. The third-order valence-corrected chi connectivity index (χ3v) is 4.51. The molecule has 2 rings (SSSR count). The van der Waals surface area contributed by atoms with Gasteiger partial charge in [-0.2, -0.15) is 0 Å². The van der Waals surface area contributed by atoms with E-state index < -0.39 is 0 Å². The predicted octanol–water partition coefficient (Wildman–Crippen LogP) is 4.79. The smallest absolute Gasteiger partial charge is 0.220 e. The molecule has 0 aliphatic rings. The van der Waals surface area contributed by atoms with Gasteiger partial charge in [0.1, 0.15) is 5.52 Å². The van der Waals surface area contributed by atoms with Gasteiger partial charge in [-0.25, -0.2) is 4.98 Å². The molecule has 0 saturated carbocycles. The molecule has 4 heteroatoms. The van der Waals surface area contributed by atoms with Crippen LogP contribution in [0.4, 0.5) is 0 Å². The van der Waals surface area contributed by atoms with Crippen LogP contribution >= 0.6 is 0 Å². The number of oxazole rings is 1. The number of hydrogen-bond donors (Lipinski definition) is 1. The number of aryl methyl sites for hydroxylation is 2. The number of fused-ring (bicyclic) bond motifs is 1. The Morgan fingerprint density at radius 3 is 2.88 bits per heavy atom. The van der Waals surface area contributed by atoms with Crippen molar-refractivity contribution in [3.8, 4) is 0 Å². The van der Waals surface area contributed by atoms with Gasteiger partial charge < -0.3 is 9.73 Å². The van der Waals surface area contributed by atoms with Gasteiger partial charge in [0.25, 0.3) is 0 Å². The fraction of sp³-hybridized carbons (Fsp3) is 0.600. The first-order valence-corrected chi connectivity index (χ1v) is 9.25. The SMILES string of the molecule is CCCCC(CC)CNC(=O)CCCc1nc2cc(C)ccc2o1. The Labute approximate surface area is 145 Å². The van der Waals surface area contributed by atoms with Crippen LogP contribution in [0.3, 0.4) is 0 Å². The van der Waals surface area contributed by atoms with E-state index in [-0.39, 0.29) is 5.91 Å². The van der Waals surface area contributed by atoms with Gasteiger partial charge in [0.2, 0.25) is 5.91 Å². The molecule has 0 radical (unpaired) electrons. The van der Waals surface area contributed by atoms with Crippen molar-refractivity contribution in [1.29, 1.82) is 0 Å². The van der Waals surface area contributed by atoms with Crippen LogP contribution in [0.25, 0.3) is 11.1 Å². The zero-order chi connectivity index (χ0) is 17.4. The van der Waals surface area contributed by atoms with Crippen molar-refractivity contribution in [1.82, 2.24) is 10.3 Å². The standard InChI is InChI=1S/C20H30N2O2/c1-4-6-8-16(5-2)14-21-19(23)9-7-10-20-22-17-13-15(3)11-12-18(17)24-20/h11-13,16H,4-10,14H2,1-3H3,(H,21,23). The summed E-state index contributed by atoms with van der Waals surface area (Å²) in [6.45, 7) is 7.25. The molecule has 1 heterocycles. The molecule has 0 aliphatic heterocycles. The van der Waals surface area contributed by atoms with Gasteiger partial charge in [0.05, 0.1) is 0 Å². The van der Waals surface area contributed by atoms with Gasteiger partial charge in [-0.3, -0.25) is 4.79 Å². The van der Waals surface area contributed by atoms with E-state index in [4.69, 9.17) is 4.42 Å². The molecule has 1 amide bonds. The number of carbonyl (C=O) groups excluding carboxylic acids is 1. The second-order valence-electron chi connectivity index (χ2n) is 6.65. The van der Waals surface area contributed by atoms with Crippen LogP contribution in [0.2, 0.25) is 0 Å². The summed E-state index contributed by atoms with van der Waals surface area (Å²) in [5, 5.41) is 3.07. The Hall–Kier alpha value is -1.84.